The van der Waals surface area contributed by atoms with E-state index in [1.807, 2.05) is 37.4 Å². The Labute approximate surface area is 129 Å². The number of hydrogen-bond acceptors (Lipinski definition) is 4. The summed E-state index contributed by atoms with van der Waals surface area (Å²) in [4.78, 5) is 10.7. The van der Waals surface area contributed by atoms with E-state index in [2.05, 4.69) is 14.9 Å². The molecule has 1 heterocycles. The van der Waals surface area contributed by atoms with Gasteiger partial charge in [0, 0.05) is 36.3 Å². The summed E-state index contributed by atoms with van der Waals surface area (Å²) in [5.74, 6) is 1.25. The van der Waals surface area contributed by atoms with Crippen molar-refractivity contribution in [3.63, 3.8) is 0 Å². The smallest absolute Gasteiger partial charge is 0.132 e. The molecule has 110 valence electrons. The number of nitrogens with zero attached hydrogens (tertiary/aromatic N) is 3. The minimum absolute atomic E-state index is 0.169. The molecule has 1 aliphatic rings. The number of halogens is 1. The monoisotopic (exact) mass is 303 g/mol. The molecule has 5 heteroatoms. The van der Waals surface area contributed by atoms with Crippen molar-refractivity contribution in [1.29, 1.82) is 0 Å². The summed E-state index contributed by atoms with van der Waals surface area (Å²) >= 11 is 6.01. The molecule has 0 aliphatic heterocycles. The minimum atomic E-state index is -0.169. The Balaban J connectivity index is 1.72. The lowest BCUT2D eigenvalue weighted by atomic mass is 9.80. The minimum Gasteiger partial charge on any atom is -0.393 e. The molecule has 0 saturated heterocycles. The normalized spacial score (nSPS) is 20.9. The van der Waals surface area contributed by atoms with Crippen LogP contribution in [0.1, 0.15) is 30.0 Å². The lowest BCUT2D eigenvalue weighted by Gasteiger charge is -2.31. The lowest BCUT2D eigenvalue weighted by molar-refractivity contribution is 0.0732. The molecular formula is C16H18ClN3O. The maximum absolute atomic E-state index is 9.41. The van der Waals surface area contributed by atoms with Gasteiger partial charge in [-0.2, -0.15) is 0 Å². The molecule has 3 rings (SSSR count). The van der Waals surface area contributed by atoms with Gasteiger partial charge in [0.2, 0.25) is 0 Å². The number of aliphatic hydroxyl groups excluding tert-OH is 1. The third-order valence-electron chi connectivity index (χ3n) is 3.91. The van der Waals surface area contributed by atoms with Crippen molar-refractivity contribution in [1.82, 2.24) is 9.97 Å². The second-order valence-corrected chi connectivity index (χ2v) is 6.05. The molecule has 0 atom stereocenters. The average Bonchev–Trinajstić information content (AvgIpc) is 2.44. The molecule has 1 N–H and O–H groups in total. The molecule has 1 aromatic heterocycles. The predicted octanol–water partition coefficient (Wildman–Crippen LogP) is 3.00. The fraction of sp³-hybridized carbons (Fsp3) is 0.375. The fourth-order valence-electron chi connectivity index (χ4n) is 2.61. The van der Waals surface area contributed by atoms with Crippen LogP contribution < -0.4 is 4.90 Å². The first-order valence-electron chi connectivity index (χ1n) is 7.07. The van der Waals surface area contributed by atoms with E-state index in [-0.39, 0.29) is 6.10 Å². The van der Waals surface area contributed by atoms with Gasteiger partial charge in [0.1, 0.15) is 12.1 Å². The Morgan fingerprint density at radius 3 is 2.81 bits per heavy atom. The molecule has 0 spiro atoms. The van der Waals surface area contributed by atoms with E-state index in [1.54, 1.807) is 6.33 Å². The van der Waals surface area contributed by atoms with E-state index < -0.39 is 0 Å². The molecular weight excluding hydrogens is 286 g/mol. The van der Waals surface area contributed by atoms with Crippen LogP contribution in [0, 0.1) is 0 Å². The van der Waals surface area contributed by atoms with Gasteiger partial charge in [0.25, 0.3) is 0 Å². The summed E-state index contributed by atoms with van der Waals surface area (Å²) in [6.07, 6.45) is 3.03. The number of aromatic nitrogens is 2. The van der Waals surface area contributed by atoms with Gasteiger partial charge in [-0.05, 0) is 30.5 Å². The van der Waals surface area contributed by atoms with Gasteiger partial charge in [-0.15, -0.1) is 0 Å². The fourth-order valence-corrected chi connectivity index (χ4v) is 2.83. The largest absolute Gasteiger partial charge is 0.393 e. The summed E-state index contributed by atoms with van der Waals surface area (Å²) in [5, 5.41) is 10.2. The van der Waals surface area contributed by atoms with Crippen LogP contribution in [0.5, 0.6) is 0 Å². The highest BCUT2D eigenvalue weighted by molar-refractivity contribution is 6.30. The highest BCUT2D eigenvalue weighted by Crippen LogP contribution is 2.36. The molecule has 1 fully saturated rings. The molecule has 0 unspecified atom stereocenters. The highest BCUT2D eigenvalue weighted by atomic mass is 35.5. The van der Waals surface area contributed by atoms with Crippen LogP contribution in [0.3, 0.4) is 0 Å². The summed E-state index contributed by atoms with van der Waals surface area (Å²) in [5.41, 5.74) is 2.16. The van der Waals surface area contributed by atoms with Crippen molar-refractivity contribution < 1.29 is 5.11 Å². The second-order valence-electron chi connectivity index (χ2n) is 5.61. The van der Waals surface area contributed by atoms with Crippen molar-refractivity contribution in [3.8, 4) is 0 Å². The third kappa shape index (κ3) is 3.34. The van der Waals surface area contributed by atoms with Crippen molar-refractivity contribution in [2.45, 2.75) is 31.4 Å². The van der Waals surface area contributed by atoms with E-state index >= 15 is 0 Å². The summed E-state index contributed by atoms with van der Waals surface area (Å²) in [6, 6.07) is 9.85. The maximum atomic E-state index is 9.41. The van der Waals surface area contributed by atoms with Gasteiger partial charge < -0.3 is 10.0 Å². The van der Waals surface area contributed by atoms with Crippen LogP contribution >= 0.6 is 11.6 Å². The standard InChI is InChI=1S/C16H18ClN3O/c1-20(9-11-3-2-4-13(17)5-11)16-8-15(18-10-19-16)12-6-14(21)7-12/h2-5,8,10,12,14,21H,6-7,9H2,1H3. The van der Waals surface area contributed by atoms with E-state index in [0.717, 1.165) is 41.5 Å². The molecule has 0 bridgehead atoms. The van der Waals surface area contributed by atoms with Crippen LogP contribution in [0.4, 0.5) is 5.82 Å². The first kappa shape index (κ1) is 14.3. The molecule has 2 aromatic rings. The molecule has 0 amide bonds. The zero-order valence-corrected chi connectivity index (χ0v) is 12.7. The number of aliphatic hydroxyl groups is 1. The highest BCUT2D eigenvalue weighted by Gasteiger charge is 2.29. The topological polar surface area (TPSA) is 49.2 Å². The van der Waals surface area contributed by atoms with Gasteiger partial charge >= 0.3 is 0 Å². The van der Waals surface area contributed by atoms with Gasteiger partial charge in [0.05, 0.1) is 6.10 Å². The van der Waals surface area contributed by atoms with E-state index in [1.165, 1.54) is 0 Å². The Morgan fingerprint density at radius 1 is 1.29 bits per heavy atom. The summed E-state index contributed by atoms with van der Waals surface area (Å²) < 4.78 is 0. The predicted molar refractivity (Wildman–Crippen MR) is 83.6 cm³/mol. The van der Waals surface area contributed by atoms with E-state index in [9.17, 15) is 5.11 Å². The van der Waals surface area contributed by atoms with Crippen LogP contribution in [0.25, 0.3) is 0 Å². The van der Waals surface area contributed by atoms with Gasteiger partial charge in [-0.25, -0.2) is 9.97 Å². The average molecular weight is 304 g/mol. The number of anilines is 1. The Morgan fingerprint density at radius 2 is 2.10 bits per heavy atom. The zero-order valence-electron chi connectivity index (χ0n) is 11.9. The Hall–Kier alpha value is -1.65. The van der Waals surface area contributed by atoms with E-state index in [4.69, 9.17) is 11.6 Å². The van der Waals surface area contributed by atoms with Crippen LogP contribution in [0.2, 0.25) is 5.02 Å². The van der Waals surface area contributed by atoms with Gasteiger partial charge in [-0.1, -0.05) is 23.7 Å². The molecule has 1 aromatic carbocycles. The SMILES string of the molecule is CN(Cc1cccc(Cl)c1)c1cc(C2CC(O)C2)ncn1. The lowest BCUT2D eigenvalue weighted by Crippen LogP contribution is -2.27. The van der Waals surface area contributed by atoms with Crippen molar-refractivity contribution >= 4 is 17.4 Å². The van der Waals surface area contributed by atoms with Gasteiger partial charge in [0.15, 0.2) is 0 Å². The summed E-state index contributed by atoms with van der Waals surface area (Å²) in [7, 11) is 2.00. The first-order chi connectivity index (χ1) is 10.1. The van der Waals surface area contributed by atoms with Crippen molar-refractivity contribution in [2.24, 2.45) is 0 Å². The molecule has 1 saturated carbocycles. The molecule has 4 nitrogen and oxygen atoms in total. The third-order valence-corrected chi connectivity index (χ3v) is 4.14. The van der Waals surface area contributed by atoms with Crippen molar-refractivity contribution in [3.05, 3.63) is 52.9 Å². The molecule has 21 heavy (non-hydrogen) atoms. The van der Waals surface area contributed by atoms with E-state index in [0.29, 0.717) is 5.92 Å². The molecule has 1 aliphatic carbocycles. The second kappa shape index (κ2) is 6.00. The number of hydrogen-bond donors (Lipinski definition) is 1. The van der Waals surface area contributed by atoms with Crippen LogP contribution in [-0.2, 0) is 6.54 Å². The van der Waals surface area contributed by atoms with Crippen molar-refractivity contribution in [2.75, 3.05) is 11.9 Å². The van der Waals surface area contributed by atoms with Crippen LogP contribution in [0.15, 0.2) is 36.7 Å². The van der Waals surface area contributed by atoms with Crippen LogP contribution in [-0.4, -0.2) is 28.2 Å². The Kier molecular flexibility index (Phi) is 4.08. The quantitative estimate of drug-likeness (QED) is 0.943. The number of benzene rings is 1. The maximum Gasteiger partial charge on any atom is 0.132 e. The molecule has 0 radical (unpaired) electrons. The van der Waals surface area contributed by atoms with Gasteiger partial charge in [-0.3, -0.25) is 0 Å². The Bertz CT molecular complexity index is 628. The zero-order chi connectivity index (χ0) is 14.8. The first-order valence-corrected chi connectivity index (χ1v) is 7.45. The summed E-state index contributed by atoms with van der Waals surface area (Å²) in [6.45, 7) is 0.740. The number of rotatable bonds is 4.